The van der Waals surface area contributed by atoms with Crippen molar-refractivity contribution in [3.8, 4) is 5.75 Å². The molecule has 7 rings (SSSR count). The van der Waals surface area contributed by atoms with Crippen LogP contribution in [0.3, 0.4) is 0 Å². The minimum absolute atomic E-state index is 0.0114. The Morgan fingerprint density at radius 3 is 1.95 bits per heavy atom. The Morgan fingerprint density at radius 1 is 0.657 bits per heavy atom. The quantitative estimate of drug-likeness (QED) is 0.0187. The summed E-state index contributed by atoms with van der Waals surface area (Å²) in [5.74, 6) is -12.8. The number of imidazole rings is 1. The number of benzene rings is 4. The summed E-state index contributed by atoms with van der Waals surface area (Å²) in [5.41, 5.74) is 20.5. The van der Waals surface area contributed by atoms with Crippen LogP contribution in [-0.4, -0.2) is 176 Å². The highest BCUT2D eigenvalue weighted by molar-refractivity contribution is 6.30. The molecule has 1 aliphatic rings. The molecule has 0 saturated carbocycles. The van der Waals surface area contributed by atoms with Gasteiger partial charge < -0.3 is 95.9 Å². The van der Waals surface area contributed by atoms with Crippen LogP contribution in [-0.2, 0) is 89.6 Å². The summed E-state index contributed by atoms with van der Waals surface area (Å²) in [6, 6.07) is 15.1. The summed E-state index contributed by atoms with van der Waals surface area (Å²) in [4.78, 5) is 179. The monoisotopic (exact) mass is 1380 g/mol. The Bertz CT molecular complexity index is 3790. The topological polar surface area (TPSA) is 524 Å². The number of primary amides is 1. The molecule has 6 aromatic rings. The number of aromatic hydroxyl groups is 1. The van der Waals surface area contributed by atoms with Crippen LogP contribution in [0.5, 0.6) is 5.75 Å². The number of halogens is 1. The zero-order valence-electron chi connectivity index (χ0n) is 53.7. The highest BCUT2D eigenvalue weighted by Crippen LogP contribution is 2.19. The van der Waals surface area contributed by atoms with E-state index < -0.39 is 151 Å². The molecular weight excluding hydrogens is 1300 g/mol. The van der Waals surface area contributed by atoms with Gasteiger partial charge in [-0.05, 0) is 97.0 Å². The fourth-order valence-corrected chi connectivity index (χ4v) is 10.8. The van der Waals surface area contributed by atoms with Gasteiger partial charge in [0, 0.05) is 66.9 Å². The van der Waals surface area contributed by atoms with Crippen LogP contribution in [0.1, 0.15) is 73.0 Å². The number of aliphatic carboxylic acids is 1. The van der Waals surface area contributed by atoms with E-state index in [-0.39, 0.29) is 83.0 Å². The summed E-state index contributed by atoms with van der Waals surface area (Å²) in [5, 5.41) is 56.9. The molecule has 4 aromatic carbocycles. The van der Waals surface area contributed by atoms with Gasteiger partial charge in [-0.1, -0.05) is 84.4 Å². The number of phenolic OH excluding ortho intramolecular Hbond substituents is 1. The number of carboxylic acid groups (broad SMARTS) is 1. The Hall–Kier alpha value is -11.4. The van der Waals surface area contributed by atoms with Gasteiger partial charge in [-0.2, -0.15) is 0 Å². The molecule has 0 bridgehead atoms. The van der Waals surface area contributed by atoms with E-state index in [0.717, 1.165) is 0 Å². The average molecular weight is 1390 g/mol. The molecule has 33 heteroatoms. The number of rotatable bonds is 23. The molecule has 22 N–H and O–H groups in total. The summed E-state index contributed by atoms with van der Waals surface area (Å²) < 4.78 is 0. The Kier molecular flexibility index (Phi) is 28.2. The smallest absolute Gasteiger partial charge is 0.305 e. The molecule has 0 aliphatic carbocycles. The second-order valence-electron chi connectivity index (χ2n) is 23.7. The van der Waals surface area contributed by atoms with Crippen molar-refractivity contribution in [3.63, 3.8) is 0 Å². The van der Waals surface area contributed by atoms with Gasteiger partial charge in [-0.15, -0.1) is 0 Å². The number of carbonyl (C=O) groups is 12. The maximum atomic E-state index is 15.1. The van der Waals surface area contributed by atoms with Crippen LogP contribution in [0.15, 0.2) is 122 Å². The van der Waals surface area contributed by atoms with E-state index in [4.69, 9.17) is 34.2 Å². The van der Waals surface area contributed by atoms with Crippen LogP contribution in [0, 0.1) is 5.41 Å². The number of carbonyl (C=O) groups excluding carboxylic acids is 11. The van der Waals surface area contributed by atoms with Gasteiger partial charge in [0.2, 0.25) is 65.0 Å². The zero-order chi connectivity index (χ0) is 71.5. The Balaban J connectivity index is 1.26. The summed E-state index contributed by atoms with van der Waals surface area (Å²) in [6.07, 6.45) is -0.495. The summed E-state index contributed by atoms with van der Waals surface area (Å²) >= 11 is 6.24. The number of H-pyrrole nitrogens is 2. The van der Waals surface area contributed by atoms with Crippen molar-refractivity contribution in [2.75, 3.05) is 19.6 Å². The van der Waals surface area contributed by atoms with Crippen LogP contribution in [0.2, 0.25) is 5.02 Å². The molecule has 99 heavy (non-hydrogen) atoms. The van der Waals surface area contributed by atoms with E-state index >= 15 is 9.59 Å². The molecule has 3 heterocycles. The van der Waals surface area contributed by atoms with Crippen molar-refractivity contribution in [1.29, 1.82) is 5.41 Å². The summed E-state index contributed by atoms with van der Waals surface area (Å²) in [6.45, 7) is -0.989. The van der Waals surface area contributed by atoms with E-state index in [1.165, 1.54) is 48.9 Å². The number of hydrogen-bond acceptors (Lipinski definition) is 16. The van der Waals surface area contributed by atoms with Crippen molar-refractivity contribution in [2.24, 2.45) is 17.2 Å². The SMILES string of the molecule is N=C(N)NCCC[C@@H]1NC(=O)[C@H](Cc2ccc(Cl)cc2)NC(=O)[C@H](Cc2cnc[nH]2)NC(=O)CNC(=O)[C@H](NC(=O)[C@@H](N)Cc2ccc(O)cc2)CC(=O)NCCCC[C@@H](C(=O)N[C@@H](CC(=O)O)C(=O)N[C@H](Cc2ccccc2)C(N)=O)NC(=O)[C@H](Cc2cc3ccccc3[nH]2)NC1=O. The van der Waals surface area contributed by atoms with Gasteiger partial charge in [-0.3, -0.25) is 62.9 Å². The number of nitrogens with one attached hydrogen (secondary N) is 14. The number of carboxylic acids is 1. The molecule has 2 aromatic heterocycles. The molecule has 526 valence electrons. The molecule has 9 atom stereocenters. The van der Waals surface area contributed by atoms with Crippen molar-refractivity contribution < 1.29 is 67.7 Å². The molecule has 1 fully saturated rings. The number of nitrogens with zero attached hydrogens (tertiary/aromatic N) is 1. The van der Waals surface area contributed by atoms with E-state index in [0.29, 0.717) is 44.0 Å². The highest BCUT2D eigenvalue weighted by atomic mass is 35.5. The van der Waals surface area contributed by atoms with E-state index in [1.807, 2.05) is 0 Å². The predicted octanol–water partition coefficient (Wildman–Crippen LogP) is -2.00. The van der Waals surface area contributed by atoms with Crippen LogP contribution >= 0.6 is 11.6 Å². The van der Waals surface area contributed by atoms with Gasteiger partial charge >= 0.3 is 5.97 Å². The van der Waals surface area contributed by atoms with E-state index in [9.17, 15) is 58.2 Å². The molecule has 0 unspecified atom stereocenters. The van der Waals surface area contributed by atoms with Crippen molar-refractivity contribution in [3.05, 3.63) is 155 Å². The molecule has 11 amide bonds. The second kappa shape index (κ2) is 37.2. The van der Waals surface area contributed by atoms with Gasteiger partial charge in [0.1, 0.15) is 54.1 Å². The maximum absolute atomic E-state index is 15.1. The minimum Gasteiger partial charge on any atom is -0.508 e. The zero-order valence-corrected chi connectivity index (χ0v) is 54.5. The lowest BCUT2D eigenvalue weighted by Gasteiger charge is -2.28. The normalized spacial score (nSPS) is 19.7. The molecule has 32 nitrogen and oxygen atoms in total. The van der Waals surface area contributed by atoms with Crippen molar-refractivity contribution in [1.82, 2.24) is 73.4 Å². The second-order valence-corrected chi connectivity index (χ2v) is 24.1. The first-order valence-corrected chi connectivity index (χ1v) is 32.1. The van der Waals surface area contributed by atoms with Crippen molar-refractivity contribution in [2.45, 2.75) is 131 Å². The summed E-state index contributed by atoms with van der Waals surface area (Å²) in [7, 11) is 0. The van der Waals surface area contributed by atoms with Crippen molar-refractivity contribution >= 4 is 99.4 Å². The average Bonchev–Trinajstić information content (AvgIpc) is 1.85. The molecule has 1 saturated heterocycles. The standard InChI is InChI=1S/C66H81ClN18O14/c67-40-19-15-38(16-20-40)27-49-62(96)80-47(14-8-24-74-66(70)71)61(95)84-51(29-41-28-39-11-4-5-12-45(39)77-41)64(98)79-46(60(94)85-53(32-56(89)90)65(99)81-48(57(69)91)26-36-9-2-1-3-10-36)13-6-7-23-73-54(87)31-52(82-58(92)44(68)25-37-17-21-43(86)22-18-37)59(93)75-34-55(88)78-50(63(97)83-49)30-42-33-72-35-76-42/h1-5,9-12,15-22,28,33,35,44,46-53,77,86H,6-8,13-14,23-27,29-32,34,68H2,(H2,69,91)(H,72,76)(H,73,87)(H,75,93)(H,78,88)(H,79,98)(H,80,96)(H,81,99)(H,82,92)(H,83,97)(H,84,95)(H,85,94)(H,89,90)(H4,70,71,74)/t44-,46-,47-,48+,49-,50-,51-,52+,53-/m0/s1. The largest absolute Gasteiger partial charge is 0.508 e. The third kappa shape index (κ3) is 24.6. The van der Waals surface area contributed by atoms with E-state index in [1.54, 1.807) is 72.8 Å². The molecule has 0 radical (unpaired) electrons. The predicted molar refractivity (Wildman–Crippen MR) is 360 cm³/mol. The van der Waals surface area contributed by atoms with Crippen LogP contribution in [0.25, 0.3) is 10.9 Å². The highest BCUT2D eigenvalue weighted by Gasteiger charge is 2.36. The third-order valence-corrected chi connectivity index (χ3v) is 16.1. The van der Waals surface area contributed by atoms with Crippen LogP contribution < -0.4 is 75.7 Å². The number of nitrogens with two attached hydrogens (primary N) is 3. The number of aromatic amines is 2. The van der Waals surface area contributed by atoms with Gasteiger partial charge in [0.05, 0.1) is 31.8 Å². The van der Waals surface area contributed by atoms with Gasteiger partial charge in [0.15, 0.2) is 5.96 Å². The Morgan fingerprint density at radius 2 is 1.28 bits per heavy atom. The number of fused-ring (bicyclic) bond motifs is 1. The lowest BCUT2D eigenvalue weighted by atomic mass is 10.0. The first kappa shape index (κ1) is 75.0. The first-order chi connectivity index (χ1) is 47.3. The van der Waals surface area contributed by atoms with Crippen LogP contribution in [0.4, 0.5) is 0 Å². The number of amides is 11. The van der Waals surface area contributed by atoms with Gasteiger partial charge in [-0.25, -0.2) is 4.98 Å². The molecular formula is C66H81ClN18O14. The Labute approximate surface area is 572 Å². The fourth-order valence-electron chi connectivity index (χ4n) is 10.7. The van der Waals surface area contributed by atoms with E-state index in [2.05, 4.69) is 73.4 Å². The lowest BCUT2D eigenvalue weighted by molar-refractivity contribution is -0.141. The first-order valence-electron chi connectivity index (χ1n) is 31.8. The number of phenols is 1. The van der Waals surface area contributed by atoms with Gasteiger partial charge in [0.25, 0.3) is 0 Å². The molecule has 0 spiro atoms. The third-order valence-electron chi connectivity index (χ3n) is 15.9. The molecule has 1 aliphatic heterocycles. The number of hydrogen-bond donors (Lipinski definition) is 19. The minimum atomic E-state index is -1.89. The lowest BCUT2D eigenvalue weighted by Crippen LogP contribution is -2.61. The number of para-hydroxylation sites is 1. The number of aromatic nitrogens is 3. The fraction of sp³-hybridized carbons (Fsp3) is 0.364. The number of guanidine groups is 1. The maximum Gasteiger partial charge on any atom is 0.305 e.